The summed E-state index contributed by atoms with van der Waals surface area (Å²) < 4.78 is 5.27. The second-order valence-electron chi connectivity index (χ2n) is 9.29. The fraction of sp³-hybridized carbons (Fsp3) is 0.458. The highest BCUT2D eigenvalue weighted by Crippen LogP contribution is 2.54. The number of benzene rings is 1. The molecule has 0 atom stereocenters. The third kappa shape index (κ3) is 4.03. The number of piperidine rings is 1. The Morgan fingerprint density at radius 1 is 1.16 bits per heavy atom. The Morgan fingerprint density at radius 2 is 1.94 bits per heavy atom. The van der Waals surface area contributed by atoms with Gasteiger partial charge in [0.25, 0.3) is 5.91 Å². The van der Waals surface area contributed by atoms with E-state index < -0.39 is 0 Å². The van der Waals surface area contributed by atoms with Gasteiger partial charge in [0.15, 0.2) is 0 Å². The van der Waals surface area contributed by atoms with Crippen molar-refractivity contribution in [3.05, 3.63) is 48.0 Å². The van der Waals surface area contributed by atoms with Crippen LogP contribution < -0.4 is 14.9 Å². The van der Waals surface area contributed by atoms with Gasteiger partial charge in [-0.2, -0.15) is 0 Å². The van der Waals surface area contributed by atoms with Crippen LogP contribution in [-0.2, 0) is 0 Å². The minimum absolute atomic E-state index is 0.138. The van der Waals surface area contributed by atoms with Gasteiger partial charge in [-0.1, -0.05) is 25.8 Å². The summed E-state index contributed by atoms with van der Waals surface area (Å²) in [5.74, 6) is 1.48. The summed E-state index contributed by atoms with van der Waals surface area (Å²) in [6.45, 7) is 6.18. The monoisotopic (exact) mass is 450 g/mol. The maximum absolute atomic E-state index is 13.4. The fourth-order valence-corrected chi connectivity index (χ4v) is 5.03. The van der Waals surface area contributed by atoms with Crippen LogP contribution in [0.5, 0.6) is 0 Å². The molecule has 1 saturated heterocycles. The number of aromatic nitrogens is 3. The van der Waals surface area contributed by atoms with Gasteiger partial charge < -0.3 is 14.9 Å². The summed E-state index contributed by atoms with van der Waals surface area (Å²) in [5, 5.41) is 3.04. The quantitative estimate of drug-likeness (QED) is 0.505. The Morgan fingerprint density at radius 3 is 2.62 bits per heavy atom. The molecular weight excluding hydrogens is 420 g/mol. The molecule has 1 amide bonds. The van der Waals surface area contributed by atoms with Crippen LogP contribution in [-0.4, -0.2) is 39.6 Å². The third-order valence-electron chi connectivity index (χ3n) is 6.76. The number of hydrogen-bond acceptors (Lipinski definition) is 6. The zero-order valence-electron chi connectivity index (χ0n) is 18.9. The summed E-state index contributed by atoms with van der Waals surface area (Å²) in [6, 6.07) is 7.81. The summed E-state index contributed by atoms with van der Waals surface area (Å²) in [6.07, 6.45) is 10.8. The number of nitrogens with one attached hydrogen (secondary N) is 2. The first kappa shape index (κ1) is 21.1. The molecular formula is C24H30N6OS. The van der Waals surface area contributed by atoms with E-state index in [0.717, 1.165) is 35.9 Å². The van der Waals surface area contributed by atoms with Gasteiger partial charge in [-0.15, -0.1) is 0 Å². The molecule has 0 unspecified atom stereocenters. The van der Waals surface area contributed by atoms with Crippen LogP contribution in [0.2, 0.25) is 0 Å². The van der Waals surface area contributed by atoms with E-state index in [1.54, 1.807) is 18.1 Å². The summed E-state index contributed by atoms with van der Waals surface area (Å²) >= 11 is 1.55. The molecule has 8 heteroatoms. The Bertz CT molecular complexity index is 1140. The molecule has 0 bridgehead atoms. The second kappa shape index (κ2) is 8.31. The van der Waals surface area contributed by atoms with Crippen LogP contribution in [0.3, 0.4) is 0 Å². The van der Waals surface area contributed by atoms with Gasteiger partial charge in [0.1, 0.15) is 17.3 Å². The smallest absolute Gasteiger partial charge is 0.258 e. The van der Waals surface area contributed by atoms with E-state index in [1.807, 2.05) is 35.1 Å². The summed E-state index contributed by atoms with van der Waals surface area (Å²) in [7, 11) is 0. The number of hydrogen-bond donors (Lipinski definition) is 2. The van der Waals surface area contributed by atoms with Crippen LogP contribution in [0.4, 0.5) is 17.2 Å². The highest BCUT2D eigenvalue weighted by molar-refractivity contribution is 7.99. The molecule has 1 aliphatic heterocycles. The molecule has 1 aromatic carbocycles. The van der Waals surface area contributed by atoms with E-state index in [2.05, 4.69) is 39.8 Å². The molecule has 2 aromatic heterocycles. The van der Waals surface area contributed by atoms with Crippen LogP contribution in [0, 0.1) is 5.41 Å². The SMILES string of the molecule is CSNc1ccc(C(=O)Nc2cc3nccn3c(C(C)C)n2)c(N2CCC3(CC2)CC3)c1. The molecule has 1 spiro atoms. The lowest BCUT2D eigenvalue weighted by molar-refractivity contribution is 0.102. The molecule has 32 heavy (non-hydrogen) atoms. The highest BCUT2D eigenvalue weighted by Gasteiger charge is 2.44. The standard InChI is InChI=1S/C24H30N6OS/c1-16(2)22-26-20(15-21-25-10-13-30(21)22)27-23(31)18-5-4-17(28-32-3)14-19(18)29-11-8-24(6-7-24)9-12-29/h4-5,10,13-16,28H,6-9,11-12H2,1-3H3,(H,27,31). The zero-order chi connectivity index (χ0) is 22.3. The predicted molar refractivity (Wildman–Crippen MR) is 132 cm³/mol. The van der Waals surface area contributed by atoms with Crippen molar-refractivity contribution in [1.82, 2.24) is 14.4 Å². The van der Waals surface area contributed by atoms with Gasteiger partial charge in [-0.05, 0) is 49.3 Å². The first-order chi connectivity index (χ1) is 15.5. The van der Waals surface area contributed by atoms with Crippen LogP contribution in [0.25, 0.3) is 5.65 Å². The van der Waals surface area contributed by atoms with Crippen LogP contribution >= 0.6 is 11.9 Å². The van der Waals surface area contributed by atoms with E-state index in [9.17, 15) is 4.79 Å². The number of rotatable bonds is 6. The third-order valence-corrected chi connectivity index (χ3v) is 7.20. The first-order valence-corrected chi connectivity index (χ1v) is 12.5. The van der Waals surface area contributed by atoms with E-state index in [1.165, 1.54) is 25.7 Å². The Hall–Kier alpha value is -2.74. The van der Waals surface area contributed by atoms with Crippen molar-refractivity contribution < 1.29 is 4.79 Å². The van der Waals surface area contributed by atoms with Crippen molar-refractivity contribution in [3.63, 3.8) is 0 Å². The van der Waals surface area contributed by atoms with Crippen molar-refractivity contribution in [1.29, 1.82) is 0 Å². The largest absolute Gasteiger partial charge is 0.371 e. The number of imidazole rings is 1. The van der Waals surface area contributed by atoms with E-state index in [0.29, 0.717) is 16.8 Å². The molecule has 3 aromatic rings. The van der Waals surface area contributed by atoms with Gasteiger partial charge in [0, 0.05) is 49.4 Å². The van der Waals surface area contributed by atoms with Crippen molar-refractivity contribution >= 4 is 40.7 Å². The minimum Gasteiger partial charge on any atom is -0.371 e. The average Bonchev–Trinajstić information content (AvgIpc) is 3.36. The number of amides is 1. The molecule has 3 heterocycles. The topological polar surface area (TPSA) is 74.6 Å². The molecule has 1 aliphatic carbocycles. The van der Waals surface area contributed by atoms with Gasteiger partial charge in [-0.3, -0.25) is 9.20 Å². The lowest BCUT2D eigenvalue weighted by atomic mass is 9.93. The number of carbonyl (C=O) groups excluding carboxylic acids is 1. The Labute approximate surface area is 193 Å². The number of carbonyl (C=O) groups is 1. The Kier molecular flexibility index (Phi) is 5.49. The number of fused-ring (bicyclic) bond motifs is 1. The van der Waals surface area contributed by atoms with Crippen molar-refractivity contribution in [3.8, 4) is 0 Å². The highest BCUT2D eigenvalue weighted by atomic mass is 32.2. The van der Waals surface area contributed by atoms with Crippen molar-refractivity contribution in [2.24, 2.45) is 5.41 Å². The van der Waals surface area contributed by atoms with Gasteiger partial charge in [0.2, 0.25) is 0 Å². The van der Waals surface area contributed by atoms with Gasteiger partial charge >= 0.3 is 0 Å². The fourth-order valence-electron chi connectivity index (χ4n) is 4.67. The van der Waals surface area contributed by atoms with Gasteiger partial charge in [-0.25, -0.2) is 9.97 Å². The van der Waals surface area contributed by atoms with E-state index in [4.69, 9.17) is 4.98 Å². The molecule has 2 aliphatic rings. The van der Waals surface area contributed by atoms with Crippen LogP contribution in [0.15, 0.2) is 36.7 Å². The Balaban J connectivity index is 1.44. The van der Waals surface area contributed by atoms with Gasteiger partial charge in [0.05, 0.1) is 11.3 Å². The van der Waals surface area contributed by atoms with Crippen molar-refractivity contribution in [2.75, 3.05) is 34.3 Å². The number of anilines is 3. The molecule has 1 saturated carbocycles. The molecule has 7 nitrogen and oxygen atoms in total. The first-order valence-electron chi connectivity index (χ1n) is 11.3. The lowest BCUT2D eigenvalue weighted by Crippen LogP contribution is -2.35. The molecule has 2 N–H and O–H groups in total. The normalized spacial score (nSPS) is 17.2. The summed E-state index contributed by atoms with van der Waals surface area (Å²) in [5.41, 5.74) is 4.05. The maximum atomic E-state index is 13.4. The average molecular weight is 451 g/mol. The molecule has 168 valence electrons. The maximum Gasteiger partial charge on any atom is 0.258 e. The molecule has 5 rings (SSSR count). The van der Waals surface area contributed by atoms with Crippen LogP contribution in [0.1, 0.15) is 61.6 Å². The zero-order valence-corrected chi connectivity index (χ0v) is 19.7. The second-order valence-corrected chi connectivity index (χ2v) is 9.90. The number of nitrogens with zero attached hydrogens (tertiary/aromatic N) is 4. The summed E-state index contributed by atoms with van der Waals surface area (Å²) in [4.78, 5) is 24.9. The lowest BCUT2D eigenvalue weighted by Gasteiger charge is -2.35. The van der Waals surface area contributed by atoms with Crippen molar-refractivity contribution in [2.45, 2.75) is 45.4 Å². The van der Waals surface area contributed by atoms with E-state index in [-0.39, 0.29) is 11.8 Å². The van der Waals surface area contributed by atoms with E-state index >= 15 is 0 Å². The molecule has 0 radical (unpaired) electrons. The minimum atomic E-state index is -0.138. The predicted octanol–water partition coefficient (Wildman–Crippen LogP) is 5.18. The molecule has 2 fully saturated rings.